The van der Waals surface area contributed by atoms with Gasteiger partial charge in [-0.1, -0.05) is 0 Å². The van der Waals surface area contributed by atoms with Crippen molar-refractivity contribution in [3.63, 3.8) is 0 Å². The van der Waals surface area contributed by atoms with Gasteiger partial charge in [-0.2, -0.15) is 5.10 Å². The number of guanidine groups is 1. The van der Waals surface area contributed by atoms with Gasteiger partial charge in [0.2, 0.25) is 5.91 Å². The summed E-state index contributed by atoms with van der Waals surface area (Å²) in [5, 5.41) is 12.9. The average Bonchev–Trinajstić information content (AvgIpc) is 2.94. The smallest absolute Gasteiger partial charge is 0.243 e. The maximum Gasteiger partial charge on any atom is 0.243 e. The molecular formula is C14H20IN7O. The van der Waals surface area contributed by atoms with Crippen molar-refractivity contribution < 1.29 is 4.79 Å². The lowest BCUT2D eigenvalue weighted by Gasteiger charge is -2.12. The van der Waals surface area contributed by atoms with E-state index in [-0.39, 0.29) is 36.4 Å². The molecule has 0 aliphatic heterocycles. The number of aromatic nitrogens is 3. The molecule has 0 aromatic carbocycles. The van der Waals surface area contributed by atoms with E-state index in [0.717, 1.165) is 5.69 Å². The fourth-order valence-corrected chi connectivity index (χ4v) is 1.78. The van der Waals surface area contributed by atoms with E-state index in [1.54, 1.807) is 42.5 Å². The van der Waals surface area contributed by atoms with E-state index in [0.29, 0.717) is 18.2 Å². The lowest BCUT2D eigenvalue weighted by molar-refractivity contribution is -0.115. The van der Waals surface area contributed by atoms with E-state index < -0.39 is 0 Å². The Morgan fingerprint density at radius 3 is 2.74 bits per heavy atom. The fraction of sp³-hybridized carbons (Fsp3) is 0.286. The monoisotopic (exact) mass is 429 g/mol. The standard InChI is InChI=1S/C14H19N7O.HI/c1-15-14(17-9-12-5-7-19-21(12)2)18-10-13(22)20-11-4-3-6-16-8-11;/h3-8H,9-10H2,1-2H3,(H,20,22)(H2,15,17,18);1H. The zero-order valence-electron chi connectivity index (χ0n) is 13.0. The van der Waals surface area contributed by atoms with Crippen molar-refractivity contribution in [2.75, 3.05) is 18.9 Å². The molecule has 0 fully saturated rings. The molecule has 8 nitrogen and oxygen atoms in total. The summed E-state index contributed by atoms with van der Waals surface area (Å²) in [6.45, 7) is 0.681. The highest BCUT2D eigenvalue weighted by atomic mass is 127. The van der Waals surface area contributed by atoms with Crippen molar-refractivity contribution >= 4 is 41.5 Å². The molecule has 0 aliphatic rings. The van der Waals surface area contributed by atoms with E-state index in [2.05, 4.69) is 31.0 Å². The summed E-state index contributed by atoms with van der Waals surface area (Å²) < 4.78 is 1.77. The van der Waals surface area contributed by atoms with Gasteiger partial charge < -0.3 is 16.0 Å². The van der Waals surface area contributed by atoms with Crippen LogP contribution >= 0.6 is 24.0 Å². The van der Waals surface area contributed by atoms with Crippen LogP contribution in [0.1, 0.15) is 5.69 Å². The molecule has 3 N–H and O–H groups in total. The highest BCUT2D eigenvalue weighted by Crippen LogP contribution is 2.01. The molecule has 2 aromatic rings. The van der Waals surface area contributed by atoms with Gasteiger partial charge >= 0.3 is 0 Å². The van der Waals surface area contributed by atoms with Gasteiger partial charge in [0.25, 0.3) is 0 Å². The van der Waals surface area contributed by atoms with Gasteiger partial charge in [-0.3, -0.25) is 19.5 Å². The maximum absolute atomic E-state index is 11.8. The molecule has 1 amide bonds. The number of nitrogens with one attached hydrogen (secondary N) is 3. The fourth-order valence-electron chi connectivity index (χ4n) is 1.78. The molecule has 2 aromatic heterocycles. The molecule has 23 heavy (non-hydrogen) atoms. The average molecular weight is 429 g/mol. The van der Waals surface area contributed by atoms with Gasteiger partial charge in [0.1, 0.15) is 0 Å². The van der Waals surface area contributed by atoms with Gasteiger partial charge in [0.15, 0.2) is 5.96 Å². The van der Waals surface area contributed by atoms with Crippen molar-refractivity contribution in [2.24, 2.45) is 12.0 Å². The summed E-state index contributed by atoms with van der Waals surface area (Å²) in [6.07, 6.45) is 4.97. The molecule has 2 heterocycles. The number of hydrogen-bond acceptors (Lipinski definition) is 4. The van der Waals surface area contributed by atoms with Crippen molar-refractivity contribution in [1.82, 2.24) is 25.4 Å². The molecule has 0 saturated carbocycles. The second-order valence-corrected chi connectivity index (χ2v) is 4.52. The summed E-state index contributed by atoms with van der Waals surface area (Å²) in [5.74, 6) is 0.374. The van der Waals surface area contributed by atoms with Crippen LogP contribution in [0.2, 0.25) is 0 Å². The van der Waals surface area contributed by atoms with Crippen molar-refractivity contribution in [1.29, 1.82) is 0 Å². The highest BCUT2D eigenvalue weighted by molar-refractivity contribution is 14.0. The summed E-state index contributed by atoms with van der Waals surface area (Å²) in [5.41, 5.74) is 1.68. The van der Waals surface area contributed by atoms with Crippen LogP contribution in [0.25, 0.3) is 0 Å². The number of rotatable bonds is 5. The second-order valence-electron chi connectivity index (χ2n) is 4.52. The Balaban J connectivity index is 0.00000264. The Hall–Kier alpha value is -2.17. The Morgan fingerprint density at radius 1 is 1.30 bits per heavy atom. The Kier molecular flexibility index (Phi) is 8.02. The van der Waals surface area contributed by atoms with E-state index >= 15 is 0 Å². The van der Waals surface area contributed by atoms with Gasteiger partial charge in [0, 0.05) is 26.5 Å². The molecule has 124 valence electrons. The third-order valence-corrected chi connectivity index (χ3v) is 2.94. The number of aryl methyl sites for hydroxylation is 1. The normalized spacial score (nSPS) is 10.6. The number of nitrogens with zero attached hydrogens (tertiary/aromatic N) is 4. The zero-order valence-corrected chi connectivity index (χ0v) is 15.3. The first-order valence-electron chi connectivity index (χ1n) is 6.80. The van der Waals surface area contributed by atoms with Crippen LogP contribution in [0, 0.1) is 0 Å². The van der Waals surface area contributed by atoms with Crippen LogP contribution in [0.5, 0.6) is 0 Å². The minimum atomic E-state index is -0.170. The summed E-state index contributed by atoms with van der Waals surface area (Å²) in [6, 6.07) is 5.45. The molecule has 0 unspecified atom stereocenters. The number of hydrogen-bond donors (Lipinski definition) is 3. The van der Waals surface area contributed by atoms with Crippen molar-refractivity contribution in [3.05, 3.63) is 42.5 Å². The summed E-state index contributed by atoms with van der Waals surface area (Å²) in [7, 11) is 3.52. The first kappa shape index (κ1) is 18.9. The zero-order chi connectivity index (χ0) is 15.8. The topological polar surface area (TPSA) is 96.2 Å². The molecule has 0 spiro atoms. The highest BCUT2D eigenvalue weighted by Gasteiger charge is 2.05. The lowest BCUT2D eigenvalue weighted by atomic mass is 10.4. The number of amides is 1. The largest absolute Gasteiger partial charge is 0.351 e. The molecule has 2 rings (SSSR count). The Morgan fingerprint density at radius 2 is 2.13 bits per heavy atom. The number of aliphatic imine (C=N–C) groups is 1. The second kappa shape index (κ2) is 9.77. The third kappa shape index (κ3) is 6.22. The van der Waals surface area contributed by atoms with E-state index in [1.165, 1.54) is 0 Å². The minimum Gasteiger partial charge on any atom is -0.351 e. The lowest BCUT2D eigenvalue weighted by Crippen LogP contribution is -2.41. The minimum absolute atomic E-state index is 0. The number of pyridine rings is 1. The van der Waals surface area contributed by atoms with Gasteiger partial charge in [-0.25, -0.2) is 0 Å². The SMILES string of the molecule is CN=C(NCC(=O)Nc1cccnc1)NCc1ccnn1C.I. The molecule has 0 radical (unpaired) electrons. The number of anilines is 1. The predicted molar refractivity (Wildman–Crippen MR) is 99.7 cm³/mol. The Bertz CT molecular complexity index is 642. The first-order valence-corrected chi connectivity index (χ1v) is 6.80. The van der Waals surface area contributed by atoms with E-state index in [1.807, 2.05) is 13.1 Å². The van der Waals surface area contributed by atoms with E-state index in [9.17, 15) is 4.79 Å². The van der Waals surface area contributed by atoms with Crippen LogP contribution in [0.4, 0.5) is 5.69 Å². The summed E-state index contributed by atoms with van der Waals surface area (Å²) in [4.78, 5) is 19.8. The van der Waals surface area contributed by atoms with Crippen molar-refractivity contribution in [3.8, 4) is 0 Å². The van der Waals surface area contributed by atoms with Crippen LogP contribution in [0.3, 0.4) is 0 Å². The van der Waals surface area contributed by atoms with Crippen LogP contribution in [0.15, 0.2) is 41.8 Å². The molecule has 0 aliphatic carbocycles. The van der Waals surface area contributed by atoms with Gasteiger partial charge in [-0.15, -0.1) is 24.0 Å². The van der Waals surface area contributed by atoms with Crippen LogP contribution in [-0.4, -0.2) is 40.2 Å². The maximum atomic E-state index is 11.8. The predicted octanol–water partition coefficient (Wildman–Crippen LogP) is 0.737. The Labute approximate surface area is 151 Å². The quantitative estimate of drug-likeness (QED) is 0.370. The third-order valence-electron chi connectivity index (χ3n) is 2.94. The van der Waals surface area contributed by atoms with Crippen LogP contribution in [-0.2, 0) is 18.4 Å². The molecule has 0 atom stereocenters. The molecule has 0 saturated heterocycles. The molecule has 9 heteroatoms. The van der Waals surface area contributed by atoms with Crippen molar-refractivity contribution in [2.45, 2.75) is 6.54 Å². The number of carbonyl (C=O) groups is 1. The van der Waals surface area contributed by atoms with Crippen LogP contribution < -0.4 is 16.0 Å². The molecular weight excluding hydrogens is 409 g/mol. The molecule has 0 bridgehead atoms. The van der Waals surface area contributed by atoms with Gasteiger partial charge in [-0.05, 0) is 18.2 Å². The number of carbonyl (C=O) groups excluding carboxylic acids is 1. The van der Waals surface area contributed by atoms with E-state index in [4.69, 9.17) is 0 Å². The number of halogens is 1. The van der Waals surface area contributed by atoms with Gasteiger partial charge in [0.05, 0.1) is 30.7 Å². The summed E-state index contributed by atoms with van der Waals surface area (Å²) >= 11 is 0. The first-order chi connectivity index (χ1) is 10.7.